The molecule has 130 valence electrons. The van der Waals surface area contributed by atoms with Crippen molar-refractivity contribution in [3.63, 3.8) is 0 Å². The minimum absolute atomic E-state index is 0.111. The van der Waals surface area contributed by atoms with E-state index in [2.05, 4.69) is 16.3 Å². The van der Waals surface area contributed by atoms with E-state index < -0.39 is 0 Å². The predicted molar refractivity (Wildman–Crippen MR) is 102 cm³/mol. The zero-order valence-corrected chi connectivity index (χ0v) is 15.0. The summed E-state index contributed by atoms with van der Waals surface area (Å²) in [6.07, 6.45) is 1.13. The zero-order chi connectivity index (χ0) is 17.4. The Bertz CT molecular complexity index is 846. The van der Waals surface area contributed by atoms with Crippen molar-refractivity contribution in [1.82, 2.24) is 9.47 Å². The van der Waals surface area contributed by atoms with E-state index in [0.717, 1.165) is 48.3 Å². The molecule has 3 heterocycles. The highest BCUT2D eigenvalue weighted by molar-refractivity contribution is 7.80. The number of hydrogen-bond acceptors (Lipinski definition) is 3. The molecule has 2 atom stereocenters. The summed E-state index contributed by atoms with van der Waals surface area (Å²) in [5.74, 6) is 1.64. The maximum Gasteiger partial charge on any atom is 0.250 e. The van der Waals surface area contributed by atoms with Crippen molar-refractivity contribution in [3.8, 4) is 5.75 Å². The normalized spacial score (nSPS) is 21.4. The van der Waals surface area contributed by atoms with Gasteiger partial charge in [-0.05, 0) is 54.9 Å². The molecule has 0 radical (unpaired) electrons. The van der Waals surface area contributed by atoms with E-state index in [0.29, 0.717) is 11.8 Å². The molecule has 2 aliphatic rings. The van der Waals surface area contributed by atoms with Crippen LogP contribution in [0.3, 0.4) is 0 Å². The quantitative estimate of drug-likeness (QED) is 0.840. The van der Waals surface area contributed by atoms with Crippen LogP contribution in [0.15, 0.2) is 47.3 Å². The molecule has 4 rings (SSSR count). The van der Waals surface area contributed by atoms with Crippen LogP contribution >= 0.6 is 12.2 Å². The molecule has 1 aromatic heterocycles. The number of hydrogen-bond donors (Lipinski definition) is 1. The Balaban J connectivity index is 1.49. The lowest BCUT2D eigenvalue weighted by atomic mass is 9.83. The molecule has 0 amide bonds. The van der Waals surface area contributed by atoms with E-state index >= 15 is 0 Å². The molecule has 25 heavy (non-hydrogen) atoms. The van der Waals surface area contributed by atoms with Crippen LogP contribution in [0.1, 0.15) is 18.0 Å². The van der Waals surface area contributed by atoms with Gasteiger partial charge in [-0.1, -0.05) is 6.07 Å². The number of nitrogens with one attached hydrogen (secondary N) is 1. The highest BCUT2D eigenvalue weighted by Gasteiger charge is 2.35. The fourth-order valence-electron chi connectivity index (χ4n) is 3.94. The van der Waals surface area contributed by atoms with Crippen LogP contribution < -0.4 is 15.6 Å². The van der Waals surface area contributed by atoms with Gasteiger partial charge in [0.05, 0.1) is 7.11 Å². The summed E-state index contributed by atoms with van der Waals surface area (Å²) in [6, 6.07) is 13.3. The minimum Gasteiger partial charge on any atom is -0.497 e. The number of aromatic nitrogens is 1. The summed E-state index contributed by atoms with van der Waals surface area (Å²) in [4.78, 5) is 14.3. The summed E-state index contributed by atoms with van der Waals surface area (Å²) < 4.78 is 7.13. The van der Waals surface area contributed by atoms with Gasteiger partial charge < -0.3 is 19.5 Å². The van der Waals surface area contributed by atoms with Crippen molar-refractivity contribution in [2.75, 3.05) is 25.5 Å². The molecule has 2 aromatic rings. The lowest BCUT2D eigenvalue weighted by molar-refractivity contribution is 0.180. The van der Waals surface area contributed by atoms with Crippen LogP contribution in [0.2, 0.25) is 0 Å². The second-order valence-electron chi connectivity index (χ2n) is 6.76. The Morgan fingerprint density at radius 2 is 1.96 bits per heavy atom. The monoisotopic (exact) mass is 355 g/mol. The second kappa shape index (κ2) is 6.52. The summed E-state index contributed by atoms with van der Waals surface area (Å²) in [5.41, 5.74) is 2.21. The molecule has 2 aliphatic heterocycles. The summed E-state index contributed by atoms with van der Waals surface area (Å²) >= 11 is 5.63. The number of thiocarbonyl (C=S) groups is 1. The maximum absolute atomic E-state index is 12.1. The van der Waals surface area contributed by atoms with E-state index in [-0.39, 0.29) is 5.56 Å². The van der Waals surface area contributed by atoms with Crippen LogP contribution in [-0.4, -0.2) is 34.8 Å². The van der Waals surface area contributed by atoms with Crippen molar-refractivity contribution >= 4 is 23.0 Å². The lowest BCUT2D eigenvalue weighted by Crippen LogP contribution is -2.50. The first-order valence-corrected chi connectivity index (χ1v) is 8.94. The summed E-state index contributed by atoms with van der Waals surface area (Å²) in [5, 5.41) is 4.06. The minimum atomic E-state index is 0.111. The lowest BCUT2D eigenvalue weighted by Gasteiger charge is -2.43. The Morgan fingerprint density at radius 1 is 1.16 bits per heavy atom. The van der Waals surface area contributed by atoms with E-state index in [1.54, 1.807) is 13.2 Å². The molecular formula is C19H21N3O2S. The topological polar surface area (TPSA) is 46.5 Å². The van der Waals surface area contributed by atoms with Crippen molar-refractivity contribution in [2.45, 2.75) is 18.9 Å². The largest absolute Gasteiger partial charge is 0.497 e. The first-order chi connectivity index (χ1) is 12.1. The Kier molecular flexibility index (Phi) is 4.21. The Morgan fingerprint density at radius 3 is 2.72 bits per heavy atom. The van der Waals surface area contributed by atoms with Crippen LogP contribution in [0, 0.1) is 5.92 Å². The molecule has 0 saturated carbocycles. The van der Waals surface area contributed by atoms with Crippen LogP contribution in [0.5, 0.6) is 5.75 Å². The molecule has 6 heteroatoms. The molecule has 1 saturated heterocycles. The van der Waals surface area contributed by atoms with Crippen LogP contribution in [0.4, 0.5) is 5.69 Å². The summed E-state index contributed by atoms with van der Waals surface area (Å²) in [6.45, 7) is 2.52. The fraction of sp³-hybridized carbons (Fsp3) is 0.368. The third-order valence-electron chi connectivity index (χ3n) is 5.11. The van der Waals surface area contributed by atoms with Gasteiger partial charge >= 0.3 is 0 Å². The molecule has 5 nitrogen and oxygen atoms in total. The van der Waals surface area contributed by atoms with Gasteiger partial charge in [0.15, 0.2) is 5.11 Å². The first-order valence-electron chi connectivity index (χ1n) is 8.54. The number of benzene rings is 1. The molecule has 1 fully saturated rings. The average molecular weight is 355 g/mol. The number of nitrogens with zero attached hydrogens (tertiary/aromatic N) is 2. The molecule has 2 bridgehead atoms. The zero-order valence-electron chi connectivity index (χ0n) is 14.1. The molecule has 1 aromatic carbocycles. The molecule has 0 aliphatic carbocycles. The fourth-order valence-corrected chi connectivity index (χ4v) is 4.21. The maximum atomic E-state index is 12.1. The number of methoxy groups -OCH3 is 1. The van der Waals surface area contributed by atoms with Gasteiger partial charge in [0, 0.05) is 43.0 Å². The second-order valence-corrected chi connectivity index (χ2v) is 7.15. The predicted octanol–water partition coefficient (Wildman–Crippen LogP) is 2.67. The van der Waals surface area contributed by atoms with Crippen molar-refractivity contribution < 1.29 is 4.74 Å². The standard InChI is InChI=1S/C19H21N3O2S/c1-24-16-7-5-15(6-8-16)20-19(25)21-10-13-9-14(12-21)17-3-2-4-18(23)22(17)11-13/h2-8,13-14H,9-12H2,1H3,(H,20,25)/t13-,14+/m0/s1. The number of likely N-dealkylation sites (tertiary alicyclic amines) is 1. The van der Waals surface area contributed by atoms with Crippen LogP contribution in [-0.2, 0) is 6.54 Å². The van der Waals surface area contributed by atoms with Gasteiger partial charge in [-0.25, -0.2) is 0 Å². The third-order valence-corrected chi connectivity index (χ3v) is 5.47. The average Bonchev–Trinajstić information content (AvgIpc) is 2.63. The number of piperidine rings is 1. The van der Waals surface area contributed by atoms with Gasteiger partial charge in [-0.15, -0.1) is 0 Å². The van der Waals surface area contributed by atoms with E-state index in [9.17, 15) is 4.79 Å². The number of anilines is 1. The molecule has 1 N–H and O–H groups in total. The number of ether oxygens (including phenoxy) is 1. The Labute approximate surface area is 152 Å². The third kappa shape index (κ3) is 3.14. The Hall–Kier alpha value is -2.34. The van der Waals surface area contributed by atoms with E-state index in [1.165, 1.54) is 0 Å². The first kappa shape index (κ1) is 16.1. The van der Waals surface area contributed by atoms with Crippen LogP contribution in [0.25, 0.3) is 0 Å². The van der Waals surface area contributed by atoms with E-state index in [4.69, 9.17) is 17.0 Å². The van der Waals surface area contributed by atoms with Gasteiger partial charge in [0.2, 0.25) is 0 Å². The number of pyridine rings is 1. The van der Waals surface area contributed by atoms with Crippen molar-refractivity contribution in [2.24, 2.45) is 5.92 Å². The van der Waals surface area contributed by atoms with Crippen molar-refractivity contribution in [1.29, 1.82) is 0 Å². The molecular weight excluding hydrogens is 334 g/mol. The highest BCUT2D eigenvalue weighted by Crippen LogP contribution is 2.35. The smallest absolute Gasteiger partial charge is 0.250 e. The highest BCUT2D eigenvalue weighted by atomic mass is 32.1. The molecule has 0 unspecified atom stereocenters. The number of fused-ring (bicyclic) bond motifs is 4. The van der Waals surface area contributed by atoms with Crippen molar-refractivity contribution in [3.05, 3.63) is 58.5 Å². The van der Waals surface area contributed by atoms with Gasteiger partial charge in [-0.2, -0.15) is 0 Å². The van der Waals surface area contributed by atoms with E-state index in [1.807, 2.05) is 34.9 Å². The SMILES string of the molecule is COc1ccc(NC(=S)N2C[C@@H]3C[C@H](C2)c2cccc(=O)n2C3)cc1. The molecule has 0 spiro atoms. The van der Waals surface area contributed by atoms with Gasteiger partial charge in [0.25, 0.3) is 5.56 Å². The van der Waals surface area contributed by atoms with Gasteiger partial charge in [0.1, 0.15) is 5.75 Å². The van der Waals surface area contributed by atoms with Gasteiger partial charge in [-0.3, -0.25) is 4.79 Å². The number of rotatable bonds is 2. The summed E-state index contributed by atoms with van der Waals surface area (Å²) in [7, 11) is 1.66.